The van der Waals surface area contributed by atoms with Crippen molar-refractivity contribution in [3.63, 3.8) is 0 Å². The molecule has 3 nitrogen and oxygen atoms in total. The average Bonchev–Trinajstić information content (AvgIpc) is 2.19. The van der Waals surface area contributed by atoms with Crippen molar-refractivity contribution in [3.05, 3.63) is 28.2 Å². The van der Waals surface area contributed by atoms with E-state index in [2.05, 4.69) is 15.9 Å². The minimum atomic E-state index is 0.0341. The van der Waals surface area contributed by atoms with Crippen molar-refractivity contribution in [2.45, 2.75) is 13.8 Å². The Hall–Kier alpha value is -1.03. The zero-order valence-electron chi connectivity index (χ0n) is 8.96. The monoisotopic (exact) mass is 270 g/mol. The van der Waals surface area contributed by atoms with Crippen molar-refractivity contribution >= 4 is 27.5 Å². The number of carbonyl (C=O) groups is 1. The van der Waals surface area contributed by atoms with Crippen LogP contribution in [0.3, 0.4) is 0 Å². The highest BCUT2D eigenvalue weighted by atomic mass is 79.9. The van der Waals surface area contributed by atoms with Crippen molar-refractivity contribution in [1.29, 1.82) is 0 Å². The van der Waals surface area contributed by atoms with Crippen LogP contribution in [-0.4, -0.2) is 23.9 Å². The van der Waals surface area contributed by atoms with Crippen LogP contribution in [0.1, 0.15) is 24.2 Å². The van der Waals surface area contributed by atoms with Crippen LogP contribution in [0, 0.1) is 0 Å². The summed E-state index contributed by atoms with van der Waals surface area (Å²) < 4.78 is 0.749. The van der Waals surface area contributed by atoms with E-state index in [0.717, 1.165) is 4.47 Å². The van der Waals surface area contributed by atoms with Gasteiger partial charge in [-0.2, -0.15) is 0 Å². The molecule has 1 aromatic rings. The molecule has 0 aliphatic heterocycles. The van der Waals surface area contributed by atoms with Crippen LogP contribution in [0.5, 0.6) is 0 Å². The van der Waals surface area contributed by atoms with E-state index in [0.29, 0.717) is 24.3 Å². The first-order chi connectivity index (χ1) is 7.10. The Morgan fingerprint density at radius 1 is 1.40 bits per heavy atom. The first-order valence-corrected chi connectivity index (χ1v) is 5.73. The summed E-state index contributed by atoms with van der Waals surface area (Å²) in [5.74, 6) is 0.0341. The molecule has 1 aromatic carbocycles. The molecule has 0 aromatic heterocycles. The lowest BCUT2D eigenvalue weighted by molar-refractivity contribution is 0.0772. The normalized spacial score (nSPS) is 10.1. The maximum Gasteiger partial charge on any atom is 0.254 e. The van der Waals surface area contributed by atoms with Gasteiger partial charge >= 0.3 is 0 Å². The molecule has 4 heteroatoms. The fourth-order valence-electron chi connectivity index (χ4n) is 1.39. The van der Waals surface area contributed by atoms with Crippen LogP contribution in [0.4, 0.5) is 5.69 Å². The highest BCUT2D eigenvalue weighted by Gasteiger charge is 2.15. The number of rotatable bonds is 3. The molecule has 0 unspecified atom stereocenters. The lowest BCUT2D eigenvalue weighted by Crippen LogP contribution is -2.30. The van der Waals surface area contributed by atoms with E-state index in [1.54, 1.807) is 23.1 Å². The third-order valence-corrected chi connectivity index (χ3v) is 2.93. The lowest BCUT2D eigenvalue weighted by Gasteiger charge is -2.19. The molecule has 1 rings (SSSR count). The summed E-state index contributed by atoms with van der Waals surface area (Å²) in [6, 6.07) is 5.23. The Labute approximate surface area is 98.4 Å². The summed E-state index contributed by atoms with van der Waals surface area (Å²) in [5.41, 5.74) is 6.92. The van der Waals surface area contributed by atoms with E-state index in [-0.39, 0.29) is 5.91 Å². The van der Waals surface area contributed by atoms with Crippen LogP contribution in [-0.2, 0) is 0 Å². The molecule has 0 fully saturated rings. The standard InChI is InChI=1S/C11H15BrN2O/c1-3-14(4-2)11(15)9-6-5-8(13)7-10(9)12/h5-7H,3-4,13H2,1-2H3. The topological polar surface area (TPSA) is 46.3 Å². The number of nitrogens with zero attached hydrogens (tertiary/aromatic N) is 1. The van der Waals surface area contributed by atoms with Crippen molar-refractivity contribution < 1.29 is 4.79 Å². The van der Waals surface area contributed by atoms with Crippen LogP contribution >= 0.6 is 15.9 Å². The van der Waals surface area contributed by atoms with Crippen molar-refractivity contribution in [3.8, 4) is 0 Å². The predicted molar refractivity (Wildman–Crippen MR) is 65.8 cm³/mol. The van der Waals surface area contributed by atoms with Crippen molar-refractivity contribution in [1.82, 2.24) is 4.90 Å². The van der Waals surface area contributed by atoms with E-state index in [1.807, 2.05) is 13.8 Å². The SMILES string of the molecule is CCN(CC)C(=O)c1ccc(N)cc1Br. The second-order valence-corrected chi connectivity index (χ2v) is 4.07. The molecule has 15 heavy (non-hydrogen) atoms. The van der Waals surface area contributed by atoms with Gasteiger partial charge in [0.15, 0.2) is 0 Å². The first kappa shape index (κ1) is 12.0. The molecular formula is C11H15BrN2O. The zero-order valence-corrected chi connectivity index (χ0v) is 10.5. The fraction of sp³-hybridized carbons (Fsp3) is 0.364. The summed E-state index contributed by atoms with van der Waals surface area (Å²) in [6.07, 6.45) is 0. The summed E-state index contributed by atoms with van der Waals surface area (Å²) in [7, 11) is 0. The van der Waals surface area contributed by atoms with Gasteiger partial charge in [-0.05, 0) is 48.0 Å². The first-order valence-electron chi connectivity index (χ1n) is 4.94. The minimum Gasteiger partial charge on any atom is -0.399 e. The van der Waals surface area contributed by atoms with E-state index < -0.39 is 0 Å². The van der Waals surface area contributed by atoms with Gasteiger partial charge in [-0.25, -0.2) is 0 Å². The van der Waals surface area contributed by atoms with Crippen molar-refractivity contribution in [2.75, 3.05) is 18.8 Å². The van der Waals surface area contributed by atoms with Gasteiger partial charge in [0.2, 0.25) is 0 Å². The van der Waals surface area contributed by atoms with Crippen LogP contribution in [0.15, 0.2) is 22.7 Å². The summed E-state index contributed by atoms with van der Waals surface area (Å²) in [5, 5.41) is 0. The van der Waals surface area contributed by atoms with Crippen molar-refractivity contribution in [2.24, 2.45) is 0 Å². The number of nitrogens with two attached hydrogens (primary N) is 1. The van der Waals surface area contributed by atoms with Gasteiger partial charge in [0.1, 0.15) is 0 Å². The summed E-state index contributed by atoms with van der Waals surface area (Å²) in [4.78, 5) is 13.8. The van der Waals surface area contributed by atoms with Crippen LogP contribution < -0.4 is 5.73 Å². The highest BCUT2D eigenvalue weighted by molar-refractivity contribution is 9.10. The largest absolute Gasteiger partial charge is 0.399 e. The molecule has 0 spiro atoms. The van der Waals surface area contributed by atoms with Gasteiger partial charge in [-0.15, -0.1) is 0 Å². The Morgan fingerprint density at radius 2 is 2.00 bits per heavy atom. The fourth-order valence-corrected chi connectivity index (χ4v) is 1.95. The third kappa shape index (κ3) is 2.72. The van der Waals surface area contributed by atoms with Gasteiger partial charge < -0.3 is 10.6 Å². The number of carbonyl (C=O) groups excluding carboxylic acids is 1. The zero-order chi connectivity index (χ0) is 11.4. The second-order valence-electron chi connectivity index (χ2n) is 3.22. The Bertz CT molecular complexity index is 362. The molecule has 0 aliphatic rings. The molecule has 0 atom stereocenters. The van der Waals surface area contributed by atoms with E-state index >= 15 is 0 Å². The van der Waals surface area contributed by atoms with E-state index in [1.165, 1.54) is 0 Å². The van der Waals surface area contributed by atoms with E-state index in [9.17, 15) is 4.79 Å². The van der Waals surface area contributed by atoms with Crippen LogP contribution in [0.2, 0.25) is 0 Å². The molecule has 0 saturated carbocycles. The van der Waals surface area contributed by atoms with Gasteiger partial charge in [-0.1, -0.05) is 0 Å². The number of benzene rings is 1. The Balaban J connectivity index is 3.00. The number of amides is 1. The molecule has 1 amide bonds. The summed E-state index contributed by atoms with van der Waals surface area (Å²) in [6.45, 7) is 5.36. The maximum absolute atomic E-state index is 12.0. The molecule has 0 heterocycles. The minimum absolute atomic E-state index is 0.0341. The van der Waals surface area contributed by atoms with Gasteiger partial charge in [0.25, 0.3) is 5.91 Å². The Kier molecular flexibility index (Phi) is 4.15. The smallest absolute Gasteiger partial charge is 0.254 e. The lowest BCUT2D eigenvalue weighted by atomic mass is 10.2. The molecule has 0 saturated heterocycles. The molecule has 0 radical (unpaired) electrons. The predicted octanol–water partition coefficient (Wildman–Crippen LogP) is 2.51. The number of hydrogen-bond donors (Lipinski definition) is 1. The number of anilines is 1. The third-order valence-electron chi connectivity index (χ3n) is 2.27. The number of hydrogen-bond acceptors (Lipinski definition) is 2. The second kappa shape index (κ2) is 5.16. The van der Waals surface area contributed by atoms with Gasteiger partial charge in [0.05, 0.1) is 5.56 Å². The molecule has 2 N–H and O–H groups in total. The maximum atomic E-state index is 12.0. The van der Waals surface area contributed by atoms with Gasteiger partial charge in [0, 0.05) is 23.2 Å². The Morgan fingerprint density at radius 3 is 2.47 bits per heavy atom. The number of halogens is 1. The highest BCUT2D eigenvalue weighted by Crippen LogP contribution is 2.21. The van der Waals surface area contributed by atoms with E-state index in [4.69, 9.17) is 5.73 Å². The van der Waals surface area contributed by atoms with Crippen LogP contribution in [0.25, 0.3) is 0 Å². The molecule has 0 bridgehead atoms. The van der Waals surface area contributed by atoms with Gasteiger partial charge in [-0.3, -0.25) is 4.79 Å². The molecule has 0 aliphatic carbocycles. The summed E-state index contributed by atoms with van der Waals surface area (Å²) >= 11 is 3.35. The number of nitrogen functional groups attached to an aromatic ring is 1. The molecule has 82 valence electrons. The molecular weight excluding hydrogens is 256 g/mol. The quantitative estimate of drug-likeness (QED) is 0.858. The average molecular weight is 271 g/mol.